The first-order chi connectivity index (χ1) is 14.4. The second kappa shape index (κ2) is 7.87. The minimum atomic E-state index is -3.38. The van der Waals surface area contributed by atoms with Gasteiger partial charge in [-0.2, -0.15) is 4.98 Å². The molecule has 0 radical (unpaired) electrons. The van der Waals surface area contributed by atoms with Crippen molar-refractivity contribution in [2.45, 2.75) is 6.54 Å². The maximum absolute atomic E-state index is 11.5. The number of rotatable bonds is 7. The zero-order valence-electron chi connectivity index (χ0n) is 16.0. The molecule has 0 aliphatic heterocycles. The van der Waals surface area contributed by atoms with Crippen LogP contribution in [0.25, 0.3) is 11.2 Å². The fourth-order valence-electron chi connectivity index (χ4n) is 2.91. The summed E-state index contributed by atoms with van der Waals surface area (Å²) in [4.78, 5) is 15.0. The lowest BCUT2D eigenvalue weighted by molar-refractivity contribution is -0.347. The van der Waals surface area contributed by atoms with Gasteiger partial charge < -0.3 is 15.7 Å². The van der Waals surface area contributed by atoms with Crippen LogP contribution >= 0.6 is 0 Å². The van der Waals surface area contributed by atoms with Crippen LogP contribution in [0, 0.1) is 0 Å². The molecule has 0 bridgehead atoms. The van der Waals surface area contributed by atoms with E-state index in [1.54, 1.807) is 42.7 Å². The van der Waals surface area contributed by atoms with Crippen LogP contribution in [-0.2, 0) is 16.6 Å². The van der Waals surface area contributed by atoms with Crippen molar-refractivity contribution in [1.82, 2.24) is 15.0 Å². The van der Waals surface area contributed by atoms with Crippen molar-refractivity contribution >= 4 is 44.3 Å². The van der Waals surface area contributed by atoms with E-state index in [4.69, 9.17) is 0 Å². The summed E-state index contributed by atoms with van der Waals surface area (Å²) in [5, 5.41) is 16.3. The van der Waals surface area contributed by atoms with Crippen molar-refractivity contribution in [1.29, 1.82) is 0 Å². The summed E-state index contributed by atoms with van der Waals surface area (Å²) in [6.45, 7) is 0.366. The molecule has 2 heterocycles. The molecule has 6 N–H and O–H groups in total. The molecule has 0 saturated carbocycles. The van der Waals surface area contributed by atoms with E-state index in [9.17, 15) is 13.5 Å². The largest absolute Gasteiger partial charge is 0.508 e. The molecule has 0 spiro atoms. The molecular weight excluding hydrogens is 406 g/mol. The van der Waals surface area contributed by atoms with E-state index in [1.165, 1.54) is 0 Å². The molecule has 0 unspecified atom stereocenters. The van der Waals surface area contributed by atoms with Gasteiger partial charge in [0, 0.05) is 17.8 Å². The number of para-hydroxylation sites is 1. The van der Waals surface area contributed by atoms with Gasteiger partial charge in [-0.05, 0) is 24.3 Å². The van der Waals surface area contributed by atoms with Crippen LogP contribution in [-0.4, -0.2) is 34.7 Å². The number of nitrogens with zero attached hydrogens (tertiary/aromatic N) is 2. The van der Waals surface area contributed by atoms with E-state index in [-0.39, 0.29) is 5.75 Å². The van der Waals surface area contributed by atoms with Crippen molar-refractivity contribution in [2.24, 2.45) is 0 Å². The number of benzene rings is 2. The summed E-state index contributed by atoms with van der Waals surface area (Å²) >= 11 is 0. The monoisotopic (exact) mass is 426 g/mol. The maximum Gasteiger partial charge on any atom is 0.307 e. The summed E-state index contributed by atoms with van der Waals surface area (Å²) in [5.41, 5.74) is 3.04. The summed E-state index contributed by atoms with van der Waals surface area (Å²) in [5.74, 6) is 1.05. The van der Waals surface area contributed by atoms with Gasteiger partial charge >= 0.3 is 11.6 Å². The number of hydrogen-bond donors (Lipinski definition) is 5. The molecule has 0 amide bonds. The first-order valence-corrected chi connectivity index (χ1v) is 10.9. The fraction of sp³-hybridized carbons (Fsp3) is 0.105. The van der Waals surface area contributed by atoms with Gasteiger partial charge in [0.15, 0.2) is 12.1 Å². The minimum absolute atomic E-state index is 0.196. The normalized spacial score (nSPS) is 11.4. The first-order valence-electron chi connectivity index (χ1n) is 9.00. The smallest absolute Gasteiger partial charge is 0.307 e. The van der Waals surface area contributed by atoms with Crippen molar-refractivity contribution in [2.75, 3.05) is 21.6 Å². The molecule has 0 fully saturated rings. The predicted octanol–water partition coefficient (Wildman–Crippen LogP) is 2.20. The van der Waals surface area contributed by atoms with Crippen LogP contribution in [0.3, 0.4) is 0 Å². The second-order valence-electron chi connectivity index (χ2n) is 6.61. The molecule has 2 aromatic heterocycles. The molecule has 11 heteroatoms. The number of anilines is 4. The molecule has 2 aromatic carbocycles. The molecule has 0 saturated heterocycles. The number of aromatic amines is 2. The van der Waals surface area contributed by atoms with E-state index in [0.717, 1.165) is 11.8 Å². The van der Waals surface area contributed by atoms with Crippen LogP contribution in [0.2, 0.25) is 0 Å². The quantitative estimate of drug-likeness (QED) is 0.304. The van der Waals surface area contributed by atoms with Gasteiger partial charge in [0.05, 0.1) is 11.9 Å². The average molecular weight is 426 g/mol. The fourth-order valence-corrected chi connectivity index (χ4v) is 3.46. The SMILES string of the molecule is CS(=O)(=O)Nc1cccc(Nc2nc(NCc3ccccc3O)c3[nH]c[nH+]c3n2)c1. The summed E-state index contributed by atoms with van der Waals surface area (Å²) in [6.07, 6.45) is 2.74. The second-order valence-corrected chi connectivity index (χ2v) is 8.36. The van der Waals surface area contributed by atoms with E-state index >= 15 is 0 Å². The Balaban J connectivity index is 1.60. The third-order valence-corrected chi connectivity index (χ3v) is 4.80. The molecule has 10 nitrogen and oxygen atoms in total. The number of imidazole rings is 1. The van der Waals surface area contributed by atoms with Crippen LogP contribution in [0.15, 0.2) is 54.9 Å². The van der Waals surface area contributed by atoms with Crippen LogP contribution in [0.5, 0.6) is 5.75 Å². The summed E-state index contributed by atoms with van der Waals surface area (Å²) < 4.78 is 25.3. The molecule has 0 aliphatic rings. The average Bonchev–Trinajstić information content (AvgIpc) is 3.15. The van der Waals surface area contributed by atoms with Crippen molar-refractivity contribution in [3.63, 3.8) is 0 Å². The Bertz CT molecular complexity index is 1300. The lowest BCUT2D eigenvalue weighted by Gasteiger charge is -2.09. The highest BCUT2D eigenvalue weighted by Gasteiger charge is 2.16. The van der Waals surface area contributed by atoms with Crippen LogP contribution in [0.1, 0.15) is 5.56 Å². The highest BCUT2D eigenvalue weighted by molar-refractivity contribution is 7.92. The van der Waals surface area contributed by atoms with Crippen molar-refractivity contribution in [3.05, 3.63) is 60.4 Å². The van der Waals surface area contributed by atoms with Gasteiger partial charge in [-0.1, -0.05) is 29.2 Å². The molecule has 0 aliphatic carbocycles. The summed E-state index contributed by atoms with van der Waals surface area (Å²) in [6, 6.07) is 13.8. The number of nitrogens with one attached hydrogen (secondary N) is 5. The lowest BCUT2D eigenvalue weighted by Crippen LogP contribution is -2.10. The molecule has 0 atom stereocenters. The van der Waals surface area contributed by atoms with Gasteiger partial charge in [0.1, 0.15) is 5.75 Å². The zero-order chi connectivity index (χ0) is 21.1. The third kappa shape index (κ3) is 4.58. The van der Waals surface area contributed by atoms with Gasteiger partial charge in [-0.15, -0.1) is 0 Å². The highest BCUT2D eigenvalue weighted by Crippen LogP contribution is 2.23. The summed E-state index contributed by atoms with van der Waals surface area (Å²) in [7, 11) is -3.38. The lowest BCUT2D eigenvalue weighted by atomic mass is 10.2. The Hall–Kier alpha value is -3.86. The first kappa shape index (κ1) is 19.5. The van der Waals surface area contributed by atoms with Gasteiger partial charge in [-0.25, -0.2) is 13.4 Å². The van der Waals surface area contributed by atoms with Crippen molar-refractivity contribution < 1.29 is 18.5 Å². The Morgan fingerprint density at radius 1 is 1.10 bits per heavy atom. The standard InChI is InChI=1S/C19H19N7O3S/c1-30(28,29)26-14-7-4-6-13(9-14)23-19-24-17(16-18(25-19)22-11-21-16)20-10-12-5-2-3-8-15(12)27/h2-9,11,26-27H,10H2,1H3,(H3,20,21,22,23,24,25)/p+1. The number of phenols is 1. The van der Waals surface area contributed by atoms with E-state index in [0.29, 0.717) is 40.8 Å². The Morgan fingerprint density at radius 2 is 1.90 bits per heavy atom. The highest BCUT2D eigenvalue weighted by atomic mass is 32.2. The Labute approximate surface area is 172 Å². The third-order valence-electron chi connectivity index (χ3n) is 4.19. The minimum Gasteiger partial charge on any atom is -0.508 e. The molecule has 4 aromatic rings. The number of fused-ring (bicyclic) bond motifs is 1. The number of sulfonamides is 1. The molecule has 154 valence electrons. The van der Waals surface area contributed by atoms with E-state index in [2.05, 4.69) is 35.3 Å². The number of H-pyrrole nitrogens is 2. The molecule has 30 heavy (non-hydrogen) atoms. The number of aromatic hydroxyl groups is 1. The van der Waals surface area contributed by atoms with Gasteiger partial charge in [0.2, 0.25) is 15.5 Å². The zero-order valence-corrected chi connectivity index (χ0v) is 16.8. The van der Waals surface area contributed by atoms with Crippen LogP contribution in [0.4, 0.5) is 23.1 Å². The maximum atomic E-state index is 11.5. The van der Waals surface area contributed by atoms with E-state index < -0.39 is 10.0 Å². The van der Waals surface area contributed by atoms with Crippen LogP contribution < -0.4 is 20.3 Å². The number of hydrogen-bond acceptors (Lipinski definition) is 7. The molecule has 4 rings (SSSR count). The Morgan fingerprint density at radius 3 is 2.70 bits per heavy atom. The topological polar surface area (TPSA) is 146 Å². The Kier molecular flexibility index (Phi) is 5.11. The number of aromatic nitrogens is 4. The van der Waals surface area contributed by atoms with E-state index in [1.807, 2.05) is 12.1 Å². The molecular formula is C19H20N7O3S+. The number of phenolic OH excluding ortho intramolecular Hbond substituents is 1. The van der Waals surface area contributed by atoms with Gasteiger partial charge in [0.25, 0.3) is 0 Å². The van der Waals surface area contributed by atoms with Crippen molar-refractivity contribution in [3.8, 4) is 5.75 Å². The van der Waals surface area contributed by atoms with Gasteiger partial charge in [-0.3, -0.25) is 9.71 Å². The predicted molar refractivity (Wildman–Crippen MR) is 114 cm³/mol.